The fourth-order valence-electron chi connectivity index (χ4n) is 2.74. The molecule has 0 aliphatic heterocycles. The van der Waals surface area contributed by atoms with Crippen LogP contribution in [0.4, 0.5) is 4.39 Å². The van der Waals surface area contributed by atoms with Crippen molar-refractivity contribution in [3.63, 3.8) is 0 Å². The van der Waals surface area contributed by atoms with Gasteiger partial charge in [0.25, 0.3) is 0 Å². The predicted octanol–water partition coefficient (Wildman–Crippen LogP) is 4.40. The van der Waals surface area contributed by atoms with Gasteiger partial charge in [0.1, 0.15) is 5.82 Å². The van der Waals surface area contributed by atoms with Gasteiger partial charge in [-0.1, -0.05) is 18.2 Å². The van der Waals surface area contributed by atoms with E-state index in [2.05, 4.69) is 4.98 Å². The molecule has 1 aromatic heterocycles. The van der Waals surface area contributed by atoms with Gasteiger partial charge in [0.2, 0.25) is 0 Å². The first kappa shape index (κ1) is 12.6. The Morgan fingerprint density at radius 1 is 1.15 bits per heavy atom. The van der Waals surface area contributed by atoms with Crippen LogP contribution in [-0.2, 0) is 0 Å². The molecule has 0 saturated heterocycles. The monoisotopic (exact) mass is 267 g/mol. The molecule has 3 heteroatoms. The lowest BCUT2D eigenvalue weighted by atomic mass is 10.0. The zero-order chi connectivity index (χ0) is 14.3. The third-order valence-electron chi connectivity index (χ3n) is 3.51. The Hall–Kier alpha value is -2.42. The van der Waals surface area contributed by atoms with Crippen LogP contribution in [0.5, 0.6) is 0 Å². The number of aromatic amines is 1. The molecule has 0 aliphatic rings. The van der Waals surface area contributed by atoms with Gasteiger partial charge < -0.3 is 4.98 Å². The van der Waals surface area contributed by atoms with Crippen molar-refractivity contribution in [3.05, 3.63) is 58.9 Å². The minimum atomic E-state index is -0.314. The van der Waals surface area contributed by atoms with Crippen LogP contribution in [-0.4, -0.2) is 11.3 Å². The Kier molecular flexibility index (Phi) is 2.90. The summed E-state index contributed by atoms with van der Waals surface area (Å²) >= 11 is 0. The molecule has 0 atom stereocenters. The van der Waals surface area contributed by atoms with Gasteiger partial charge in [0.15, 0.2) is 6.29 Å². The number of aromatic nitrogens is 1. The van der Waals surface area contributed by atoms with Crippen LogP contribution < -0.4 is 0 Å². The fourth-order valence-corrected chi connectivity index (χ4v) is 2.74. The van der Waals surface area contributed by atoms with Gasteiger partial charge in [-0.25, -0.2) is 4.39 Å². The fraction of sp³-hybridized carbons (Fsp3) is 0.118. The summed E-state index contributed by atoms with van der Waals surface area (Å²) in [5.41, 5.74) is 5.01. The highest BCUT2D eigenvalue weighted by molar-refractivity contribution is 6.06. The molecule has 0 saturated carbocycles. The number of rotatable bonds is 2. The number of benzene rings is 2. The Labute approximate surface area is 116 Å². The number of aryl methyl sites for hydroxylation is 2. The summed E-state index contributed by atoms with van der Waals surface area (Å²) in [6.45, 7) is 3.99. The standard InChI is InChI=1S/C17H14FNO/c1-10-6-11(2)16-14(9-20)17(19-15(16)7-10)12-4-3-5-13(18)8-12/h3-9,19H,1-2H3. The summed E-state index contributed by atoms with van der Waals surface area (Å²) in [6.07, 6.45) is 0.835. The van der Waals surface area contributed by atoms with Gasteiger partial charge in [-0.2, -0.15) is 0 Å². The van der Waals surface area contributed by atoms with E-state index in [0.29, 0.717) is 16.8 Å². The molecule has 0 unspecified atom stereocenters. The zero-order valence-corrected chi connectivity index (χ0v) is 11.3. The van der Waals surface area contributed by atoms with Gasteiger partial charge in [-0.3, -0.25) is 4.79 Å². The van der Waals surface area contributed by atoms with E-state index in [9.17, 15) is 9.18 Å². The van der Waals surface area contributed by atoms with Gasteiger partial charge >= 0.3 is 0 Å². The van der Waals surface area contributed by atoms with Gasteiger partial charge in [0, 0.05) is 22.0 Å². The number of hydrogen-bond acceptors (Lipinski definition) is 1. The Balaban J connectivity index is 2.37. The summed E-state index contributed by atoms with van der Waals surface area (Å²) in [5.74, 6) is -0.314. The molecule has 2 nitrogen and oxygen atoms in total. The Morgan fingerprint density at radius 3 is 2.65 bits per heavy atom. The molecule has 3 rings (SSSR count). The number of H-pyrrole nitrogens is 1. The molecule has 1 heterocycles. The number of fused-ring (bicyclic) bond motifs is 1. The highest BCUT2D eigenvalue weighted by atomic mass is 19.1. The van der Waals surface area contributed by atoms with Crippen molar-refractivity contribution in [1.82, 2.24) is 4.98 Å². The Morgan fingerprint density at radius 2 is 1.95 bits per heavy atom. The minimum absolute atomic E-state index is 0.314. The predicted molar refractivity (Wildman–Crippen MR) is 78.6 cm³/mol. The van der Waals surface area contributed by atoms with Crippen molar-refractivity contribution < 1.29 is 9.18 Å². The van der Waals surface area contributed by atoms with Crippen molar-refractivity contribution in [1.29, 1.82) is 0 Å². The van der Waals surface area contributed by atoms with E-state index in [4.69, 9.17) is 0 Å². The van der Waals surface area contributed by atoms with E-state index in [1.165, 1.54) is 12.1 Å². The van der Waals surface area contributed by atoms with Crippen molar-refractivity contribution >= 4 is 17.2 Å². The Bertz CT molecular complexity index is 817. The maximum absolute atomic E-state index is 13.4. The molecule has 3 aromatic rings. The van der Waals surface area contributed by atoms with Crippen molar-refractivity contribution in [2.45, 2.75) is 13.8 Å². The number of carbonyl (C=O) groups is 1. The van der Waals surface area contributed by atoms with Crippen LogP contribution in [0.3, 0.4) is 0 Å². The smallest absolute Gasteiger partial charge is 0.152 e. The molecule has 100 valence electrons. The maximum Gasteiger partial charge on any atom is 0.152 e. The van der Waals surface area contributed by atoms with E-state index >= 15 is 0 Å². The van der Waals surface area contributed by atoms with Gasteiger partial charge in [0.05, 0.1) is 5.69 Å². The van der Waals surface area contributed by atoms with Crippen molar-refractivity contribution in [2.75, 3.05) is 0 Å². The highest BCUT2D eigenvalue weighted by Gasteiger charge is 2.15. The summed E-state index contributed by atoms with van der Waals surface area (Å²) in [4.78, 5) is 14.7. The number of aldehydes is 1. The maximum atomic E-state index is 13.4. The summed E-state index contributed by atoms with van der Waals surface area (Å²) in [6, 6.07) is 10.3. The molecule has 0 aliphatic carbocycles. The lowest BCUT2D eigenvalue weighted by Gasteiger charge is -2.01. The van der Waals surface area contributed by atoms with Crippen LogP contribution in [0.1, 0.15) is 21.5 Å². The second kappa shape index (κ2) is 4.60. The molecule has 2 aromatic carbocycles. The summed E-state index contributed by atoms with van der Waals surface area (Å²) in [7, 11) is 0. The van der Waals surface area contributed by atoms with Crippen LogP contribution in [0.25, 0.3) is 22.2 Å². The summed E-state index contributed by atoms with van der Waals surface area (Å²) in [5, 5.41) is 0.907. The molecule has 0 spiro atoms. The minimum Gasteiger partial charge on any atom is -0.354 e. The van der Waals surface area contributed by atoms with E-state index in [0.717, 1.165) is 28.3 Å². The topological polar surface area (TPSA) is 32.9 Å². The van der Waals surface area contributed by atoms with Crippen molar-refractivity contribution in [3.8, 4) is 11.3 Å². The van der Waals surface area contributed by atoms with Crippen LogP contribution in [0.2, 0.25) is 0 Å². The van der Waals surface area contributed by atoms with Crippen LogP contribution >= 0.6 is 0 Å². The second-order valence-corrected chi connectivity index (χ2v) is 5.05. The molecule has 0 fully saturated rings. The van der Waals surface area contributed by atoms with E-state index in [-0.39, 0.29) is 5.82 Å². The molecular formula is C17H14FNO. The van der Waals surface area contributed by atoms with Crippen LogP contribution in [0.15, 0.2) is 36.4 Å². The molecular weight excluding hydrogens is 253 g/mol. The first-order valence-electron chi connectivity index (χ1n) is 6.44. The third kappa shape index (κ3) is 1.92. The number of nitrogens with one attached hydrogen (secondary N) is 1. The lowest BCUT2D eigenvalue weighted by molar-refractivity contribution is 0.112. The number of hydrogen-bond donors (Lipinski definition) is 1. The van der Waals surface area contributed by atoms with E-state index in [1.807, 2.05) is 26.0 Å². The normalized spacial score (nSPS) is 10.9. The SMILES string of the molecule is Cc1cc(C)c2c(C=O)c(-c3cccc(F)c3)[nH]c2c1. The first-order chi connectivity index (χ1) is 9.60. The summed E-state index contributed by atoms with van der Waals surface area (Å²) < 4.78 is 13.4. The van der Waals surface area contributed by atoms with Crippen molar-refractivity contribution in [2.24, 2.45) is 0 Å². The second-order valence-electron chi connectivity index (χ2n) is 5.05. The van der Waals surface area contributed by atoms with Gasteiger partial charge in [-0.05, 0) is 43.2 Å². The number of halogens is 1. The third-order valence-corrected chi connectivity index (χ3v) is 3.51. The molecule has 0 amide bonds. The molecule has 0 radical (unpaired) electrons. The molecule has 1 N–H and O–H groups in total. The van der Waals surface area contributed by atoms with Gasteiger partial charge in [-0.15, -0.1) is 0 Å². The highest BCUT2D eigenvalue weighted by Crippen LogP contribution is 2.32. The zero-order valence-electron chi connectivity index (χ0n) is 11.3. The number of carbonyl (C=O) groups excluding carboxylic acids is 1. The van der Waals surface area contributed by atoms with Crippen LogP contribution in [0, 0.1) is 19.7 Å². The molecule has 0 bridgehead atoms. The largest absolute Gasteiger partial charge is 0.354 e. The molecule has 20 heavy (non-hydrogen) atoms. The van der Waals surface area contributed by atoms with E-state index < -0.39 is 0 Å². The average Bonchev–Trinajstić information content (AvgIpc) is 2.77. The average molecular weight is 267 g/mol. The quantitative estimate of drug-likeness (QED) is 0.686. The van der Waals surface area contributed by atoms with E-state index in [1.54, 1.807) is 12.1 Å². The lowest BCUT2D eigenvalue weighted by Crippen LogP contribution is -1.86. The first-order valence-corrected chi connectivity index (χ1v) is 6.44.